The minimum Gasteiger partial charge on any atom is -0.458 e. The SMILES string of the molecule is O=C(OC/C=C/c1cccc([N+](=O)[O-])c1)c1cc([N+](=O)[O-])cc([N+](=O)[O-])c1. The van der Waals surface area contributed by atoms with Gasteiger partial charge in [0.05, 0.1) is 26.4 Å². The van der Waals surface area contributed by atoms with Crippen molar-refractivity contribution in [2.24, 2.45) is 0 Å². The van der Waals surface area contributed by atoms with Crippen LogP contribution in [0.2, 0.25) is 0 Å². The largest absolute Gasteiger partial charge is 0.458 e. The van der Waals surface area contributed by atoms with Crippen LogP contribution in [0, 0.1) is 30.3 Å². The van der Waals surface area contributed by atoms with Crippen molar-refractivity contribution in [2.45, 2.75) is 0 Å². The molecule has 2 aromatic rings. The van der Waals surface area contributed by atoms with Gasteiger partial charge in [-0.25, -0.2) is 4.79 Å². The summed E-state index contributed by atoms with van der Waals surface area (Å²) in [6.45, 7) is -0.238. The van der Waals surface area contributed by atoms with Crippen LogP contribution in [0.3, 0.4) is 0 Å². The van der Waals surface area contributed by atoms with Gasteiger partial charge in [0, 0.05) is 24.3 Å². The first-order chi connectivity index (χ1) is 12.8. The lowest BCUT2D eigenvalue weighted by Crippen LogP contribution is -2.06. The second-order valence-corrected chi connectivity index (χ2v) is 5.11. The Labute approximate surface area is 150 Å². The number of esters is 1. The van der Waals surface area contributed by atoms with Gasteiger partial charge in [-0.1, -0.05) is 18.2 Å². The molecule has 2 aromatic carbocycles. The van der Waals surface area contributed by atoms with Crippen LogP contribution in [0.25, 0.3) is 6.08 Å². The lowest BCUT2D eigenvalue weighted by atomic mass is 10.2. The Hall–Kier alpha value is -4.15. The molecule has 0 aromatic heterocycles. The smallest absolute Gasteiger partial charge is 0.338 e. The number of nitro benzene ring substituents is 3. The molecule has 11 nitrogen and oxygen atoms in total. The predicted molar refractivity (Wildman–Crippen MR) is 92.2 cm³/mol. The molecule has 0 bridgehead atoms. The molecule has 0 atom stereocenters. The van der Waals surface area contributed by atoms with E-state index in [9.17, 15) is 35.1 Å². The Balaban J connectivity index is 2.07. The Kier molecular flexibility index (Phi) is 5.89. The van der Waals surface area contributed by atoms with E-state index < -0.39 is 32.1 Å². The van der Waals surface area contributed by atoms with Gasteiger partial charge in [0.15, 0.2) is 0 Å². The summed E-state index contributed by atoms with van der Waals surface area (Å²) in [6.07, 6.45) is 2.89. The molecular formula is C16H11N3O8. The molecule has 138 valence electrons. The first-order valence-corrected chi connectivity index (χ1v) is 7.30. The van der Waals surface area contributed by atoms with Gasteiger partial charge in [0.2, 0.25) is 0 Å². The summed E-state index contributed by atoms with van der Waals surface area (Å²) in [6, 6.07) is 8.23. The molecule has 0 amide bonds. The summed E-state index contributed by atoms with van der Waals surface area (Å²) in [5, 5.41) is 32.3. The van der Waals surface area contributed by atoms with Gasteiger partial charge >= 0.3 is 5.97 Å². The van der Waals surface area contributed by atoms with E-state index in [2.05, 4.69) is 0 Å². The van der Waals surface area contributed by atoms with Crippen LogP contribution in [-0.2, 0) is 4.74 Å². The third kappa shape index (κ3) is 5.16. The van der Waals surface area contributed by atoms with E-state index in [-0.39, 0.29) is 17.9 Å². The number of rotatable bonds is 7. The minimum absolute atomic E-state index is 0.0990. The molecule has 0 aliphatic carbocycles. The van der Waals surface area contributed by atoms with Crippen molar-refractivity contribution in [3.8, 4) is 0 Å². The van der Waals surface area contributed by atoms with E-state index in [1.54, 1.807) is 6.07 Å². The molecule has 0 aliphatic heterocycles. The van der Waals surface area contributed by atoms with Gasteiger partial charge in [-0.3, -0.25) is 30.3 Å². The van der Waals surface area contributed by atoms with E-state index in [4.69, 9.17) is 4.74 Å². The number of hydrogen-bond donors (Lipinski definition) is 0. The van der Waals surface area contributed by atoms with Gasteiger partial charge in [-0.05, 0) is 11.6 Å². The summed E-state index contributed by atoms with van der Waals surface area (Å²) < 4.78 is 4.89. The molecule has 11 heteroatoms. The topological polar surface area (TPSA) is 156 Å². The fourth-order valence-corrected chi connectivity index (χ4v) is 2.06. The fraction of sp³-hybridized carbons (Fsp3) is 0.0625. The van der Waals surface area contributed by atoms with Crippen LogP contribution in [0.4, 0.5) is 17.1 Å². The predicted octanol–water partition coefficient (Wildman–Crippen LogP) is 3.28. The zero-order chi connectivity index (χ0) is 20.0. The van der Waals surface area contributed by atoms with Crippen LogP contribution >= 0.6 is 0 Å². The second kappa shape index (κ2) is 8.29. The molecule has 0 radical (unpaired) electrons. The second-order valence-electron chi connectivity index (χ2n) is 5.11. The Bertz CT molecular complexity index is 922. The molecule has 2 rings (SSSR count). The van der Waals surface area contributed by atoms with Crippen molar-refractivity contribution in [3.63, 3.8) is 0 Å². The molecule has 0 spiro atoms. The van der Waals surface area contributed by atoms with E-state index >= 15 is 0 Å². The maximum atomic E-state index is 12.0. The molecule has 0 aliphatic rings. The number of hydrogen-bond acceptors (Lipinski definition) is 8. The first-order valence-electron chi connectivity index (χ1n) is 7.30. The Morgan fingerprint density at radius 3 is 2.04 bits per heavy atom. The van der Waals surface area contributed by atoms with Gasteiger partial charge in [-0.15, -0.1) is 0 Å². The Morgan fingerprint density at radius 1 is 0.889 bits per heavy atom. The zero-order valence-corrected chi connectivity index (χ0v) is 13.5. The summed E-state index contributed by atoms with van der Waals surface area (Å²) in [4.78, 5) is 42.0. The summed E-state index contributed by atoms with van der Waals surface area (Å²) in [7, 11) is 0. The van der Waals surface area contributed by atoms with Crippen LogP contribution in [0.15, 0.2) is 48.5 Å². The van der Waals surface area contributed by atoms with Gasteiger partial charge in [0.25, 0.3) is 17.1 Å². The molecular weight excluding hydrogens is 362 g/mol. The molecule has 0 saturated heterocycles. The highest BCUT2D eigenvalue weighted by Crippen LogP contribution is 2.23. The summed E-state index contributed by atoms with van der Waals surface area (Å²) in [5.74, 6) is -0.981. The van der Waals surface area contributed by atoms with Gasteiger partial charge in [0.1, 0.15) is 6.61 Å². The first kappa shape index (κ1) is 19.2. The number of carbonyl (C=O) groups excluding carboxylic acids is 1. The van der Waals surface area contributed by atoms with Crippen molar-refractivity contribution in [3.05, 3.63) is 90.0 Å². The van der Waals surface area contributed by atoms with Crippen LogP contribution in [0.5, 0.6) is 0 Å². The van der Waals surface area contributed by atoms with Crippen LogP contribution < -0.4 is 0 Å². The van der Waals surface area contributed by atoms with Gasteiger partial charge in [-0.2, -0.15) is 0 Å². The standard InChI is InChI=1S/C16H11N3O8/c20-16(12-8-14(18(23)24)10-15(9-12)19(25)26)27-6-2-4-11-3-1-5-13(7-11)17(21)22/h1-5,7-10H,6H2/b4-2+. The highest BCUT2D eigenvalue weighted by molar-refractivity contribution is 5.91. The highest BCUT2D eigenvalue weighted by atomic mass is 16.6. The molecule has 0 N–H and O–H groups in total. The third-order valence-electron chi connectivity index (χ3n) is 3.26. The molecule has 0 unspecified atom stereocenters. The molecule has 0 heterocycles. The Morgan fingerprint density at radius 2 is 1.48 bits per heavy atom. The minimum atomic E-state index is -0.981. The third-order valence-corrected chi connectivity index (χ3v) is 3.26. The number of non-ortho nitro benzene ring substituents is 3. The fourth-order valence-electron chi connectivity index (χ4n) is 2.06. The van der Waals surface area contributed by atoms with Gasteiger partial charge < -0.3 is 4.74 Å². The average Bonchev–Trinajstić information content (AvgIpc) is 2.64. The summed E-state index contributed by atoms with van der Waals surface area (Å²) in [5.41, 5.74) is -1.14. The van der Waals surface area contributed by atoms with Crippen molar-refractivity contribution in [1.82, 2.24) is 0 Å². The molecule has 0 fully saturated rings. The van der Waals surface area contributed by atoms with E-state index in [0.29, 0.717) is 5.56 Å². The van der Waals surface area contributed by atoms with E-state index in [0.717, 1.165) is 18.2 Å². The number of benzene rings is 2. The number of nitrogens with zero attached hydrogens (tertiary/aromatic N) is 3. The van der Waals surface area contributed by atoms with Crippen molar-refractivity contribution in [2.75, 3.05) is 6.61 Å². The zero-order valence-electron chi connectivity index (χ0n) is 13.5. The van der Waals surface area contributed by atoms with Crippen molar-refractivity contribution in [1.29, 1.82) is 0 Å². The van der Waals surface area contributed by atoms with Crippen molar-refractivity contribution < 1.29 is 24.3 Å². The van der Waals surface area contributed by atoms with E-state index in [1.807, 2.05) is 0 Å². The average molecular weight is 373 g/mol. The number of carbonyl (C=O) groups is 1. The molecule has 0 saturated carbocycles. The quantitative estimate of drug-likeness (QED) is 0.406. The normalized spacial score (nSPS) is 10.5. The van der Waals surface area contributed by atoms with Crippen LogP contribution in [0.1, 0.15) is 15.9 Å². The maximum Gasteiger partial charge on any atom is 0.338 e. The number of ether oxygens (including phenoxy) is 1. The number of nitro groups is 3. The van der Waals surface area contributed by atoms with Crippen molar-refractivity contribution >= 4 is 29.1 Å². The van der Waals surface area contributed by atoms with Crippen LogP contribution in [-0.4, -0.2) is 27.3 Å². The monoisotopic (exact) mass is 373 g/mol. The summed E-state index contributed by atoms with van der Waals surface area (Å²) >= 11 is 0. The lowest BCUT2D eigenvalue weighted by molar-refractivity contribution is -0.394. The maximum absolute atomic E-state index is 12.0. The molecule has 27 heavy (non-hydrogen) atoms. The van der Waals surface area contributed by atoms with E-state index in [1.165, 1.54) is 30.4 Å². The highest BCUT2D eigenvalue weighted by Gasteiger charge is 2.20. The lowest BCUT2D eigenvalue weighted by Gasteiger charge is -2.02.